The Kier molecular flexibility index (Phi) is 9.34. The van der Waals surface area contributed by atoms with Crippen molar-refractivity contribution in [3.8, 4) is 11.5 Å². The van der Waals surface area contributed by atoms with E-state index in [1.54, 1.807) is 11.0 Å². The standard InChI is InChI=1S/C33H38FN5O5/c1-33(2,3)37-30(40)24-6-4-5-23(17-24)20-38-13-15-39(16-14-38)31(41)25-8-9-27(26(34)19-25)36-32(42)35-12-11-22-7-10-28-29(18-22)44-21-43-28/h4-10,17-19H,11-16,20-21H2,1-3H3,(H,37,40)(H2,35,36,42). The van der Waals surface area contributed by atoms with Crippen LogP contribution in [0.2, 0.25) is 0 Å². The van der Waals surface area contributed by atoms with Crippen LogP contribution in [0.3, 0.4) is 0 Å². The lowest BCUT2D eigenvalue weighted by Gasteiger charge is -2.35. The van der Waals surface area contributed by atoms with Crippen molar-refractivity contribution >= 4 is 23.5 Å². The number of carbonyl (C=O) groups excluding carboxylic acids is 3. The summed E-state index contributed by atoms with van der Waals surface area (Å²) in [6.07, 6.45) is 0.564. The molecular weight excluding hydrogens is 565 g/mol. The van der Waals surface area contributed by atoms with Crippen molar-refractivity contribution in [2.45, 2.75) is 39.3 Å². The summed E-state index contributed by atoms with van der Waals surface area (Å²) < 4.78 is 25.5. The van der Waals surface area contributed by atoms with Crippen molar-refractivity contribution < 1.29 is 28.2 Å². The fourth-order valence-corrected chi connectivity index (χ4v) is 5.11. The monoisotopic (exact) mass is 603 g/mol. The average molecular weight is 604 g/mol. The second-order valence-electron chi connectivity index (χ2n) is 12.0. The van der Waals surface area contributed by atoms with Crippen molar-refractivity contribution in [1.29, 1.82) is 0 Å². The molecule has 11 heteroatoms. The summed E-state index contributed by atoms with van der Waals surface area (Å²) >= 11 is 0. The third kappa shape index (κ3) is 8.04. The third-order valence-electron chi connectivity index (χ3n) is 7.34. The summed E-state index contributed by atoms with van der Waals surface area (Å²) in [6.45, 7) is 9.33. The molecule has 5 rings (SSSR count). The summed E-state index contributed by atoms with van der Waals surface area (Å²) in [6, 6.07) is 16.7. The number of urea groups is 1. The maximum Gasteiger partial charge on any atom is 0.319 e. The Hall–Kier alpha value is -4.64. The fraction of sp³-hybridized carbons (Fsp3) is 0.364. The molecule has 2 heterocycles. The number of hydrogen-bond acceptors (Lipinski definition) is 6. The molecule has 4 amide bonds. The van der Waals surface area contributed by atoms with Gasteiger partial charge in [-0.05, 0) is 80.8 Å². The normalized spacial score (nSPS) is 14.7. The second-order valence-corrected chi connectivity index (χ2v) is 12.0. The molecule has 0 spiro atoms. The second kappa shape index (κ2) is 13.3. The lowest BCUT2D eigenvalue weighted by atomic mass is 10.1. The molecule has 44 heavy (non-hydrogen) atoms. The highest BCUT2D eigenvalue weighted by molar-refractivity contribution is 5.96. The van der Waals surface area contributed by atoms with E-state index < -0.39 is 11.8 Å². The number of carbonyl (C=O) groups is 3. The summed E-state index contributed by atoms with van der Waals surface area (Å²) in [4.78, 5) is 41.9. The molecule has 1 saturated heterocycles. The Morgan fingerprint density at radius 2 is 1.64 bits per heavy atom. The molecule has 2 aliphatic rings. The molecule has 3 aromatic carbocycles. The van der Waals surface area contributed by atoms with Gasteiger partial charge in [0.2, 0.25) is 6.79 Å². The Bertz CT molecular complexity index is 1530. The van der Waals surface area contributed by atoms with E-state index >= 15 is 0 Å². The fourth-order valence-electron chi connectivity index (χ4n) is 5.11. The van der Waals surface area contributed by atoms with Crippen molar-refractivity contribution in [1.82, 2.24) is 20.4 Å². The van der Waals surface area contributed by atoms with Crippen LogP contribution in [-0.4, -0.2) is 72.7 Å². The van der Waals surface area contributed by atoms with Gasteiger partial charge in [0.25, 0.3) is 11.8 Å². The number of fused-ring (bicyclic) bond motifs is 1. The van der Waals surface area contributed by atoms with Gasteiger partial charge in [-0.3, -0.25) is 14.5 Å². The van der Waals surface area contributed by atoms with E-state index in [0.717, 1.165) is 17.2 Å². The molecule has 3 aromatic rings. The highest BCUT2D eigenvalue weighted by Crippen LogP contribution is 2.32. The molecule has 3 N–H and O–H groups in total. The van der Waals surface area contributed by atoms with Gasteiger partial charge in [0, 0.05) is 55.9 Å². The first-order valence-electron chi connectivity index (χ1n) is 14.7. The van der Waals surface area contributed by atoms with Gasteiger partial charge in [-0.2, -0.15) is 0 Å². The van der Waals surface area contributed by atoms with Crippen LogP contribution >= 0.6 is 0 Å². The van der Waals surface area contributed by atoms with Gasteiger partial charge < -0.3 is 30.3 Å². The van der Waals surface area contributed by atoms with Gasteiger partial charge >= 0.3 is 6.03 Å². The lowest BCUT2D eigenvalue weighted by Crippen LogP contribution is -2.48. The minimum Gasteiger partial charge on any atom is -0.454 e. The first kappa shape index (κ1) is 30.8. The first-order chi connectivity index (χ1) is 21.0. The van der Waals surface area contributed by atoms with Crippen LogP contribution in [0, 0.1) is 5.82 Å². The van der Waals surface area contributed by atoms with E-state index in [2.05, 4.69) is 20.9 Å². The lowest BCUT2D eigenvalue weighted by molar-refractivity contribution is 0.0627. The van der Waals surface area contributed by atoms with Crippen LogP contribution < -0.4 is 25.4 Å². The van der Waals surface area contributed by atoms with Gasteiger partial charge in [0.05, 0.1) is 5.69 Å². The van der Waals surface area contributed by atoms with Crippen LogP contribution in [0.25, 0.3) is 0 Å². The zero-order valence-corrected chi connectivity index (χ0v) is 25.2. The summed E-state index contributed by atoms with van der Waals surface area (Å²) in [5.41, 5.74) is 2.51. The number of halogens is 1. The number of hydrogen-bond donors (Lipinski definition) is 3. The minimum absolute atomic E-state index is 0.00893. The van der Waals surface area contributed by atoms with Gasteiger partial charge in [-0.1, -0.05) is 18.2 Å². The largest absolute Gasteiger partial charge is 0.454 e. The molecule has 2 aliphatic heterocycles. The smallest absolute Gasteiger partial charge is 0.319 e. The molecule has 232 valence electrons. The highest BCUT2D eigenvalue weighted by atomic mass is 19.1. The number of nitrogens with zero attached hydrogens (tertiary/aromatic N) is 2. The number of nitrogens with one attached hydrogen (secondary N) is 3. The van der Waals surface area contributed by atoms with E-state index in [0.29, 0.717) is 62.8 Å². The predicted molar refractivity (Wildman–Crippen MR) is 165 cm³/mol. The van der Waals surface area contributed by atoms with Crippen LogP contribution in [0.15, 0.2) is 60.7 Å². The number of benzene rings is 3. The van der Waals surface area contributed by atoms with Crippen LogP contribution in [0.1, 0.15) is 52.6 Å². The molecular formula is C33H38FN5O5. The molecule has 0 saturated carbocycles. The number of piperazine rings is 1. The van der Waals surface area contributed by atoms with Gasteiger partial charge in [-0.25, -0.2) is 9.18 Å². The molecule has 1 fully saturated rings. The number of rotatable bonds is 8. The zero-order chi connectivity index (χ0) is 31.3. The minimum atomic E-state index is -0.684. The maximum atomic E-state index is 14.9. The van der Waals surface area contributed by atoms with Crippen LogP contribution in [0.4, 0.5) is 14.9 Å². The van der Waals surface area contributed by atoms with Gasteiger partial charge in [-0.15, -0.1) is 0 Å². The van der Waals surface area contributed by atoms with E-state index in [1.807, 2.05) is 57.2 Å². The van der Waals surface area contributed by atoms with Crippen molar-refractivity contribution in [3.05, 3.63) is 88.7 Å². The maximum absolute atomic E-state index is 14.9. The zero-order valence-electron chi connectivity index (χ0n) is 25.2. The SMILES string of the molecule is CC(C)(C)NC(=O)c1cccc(CN2CCN(C(=O)c3ccc(NC(=O)NCCc4ccc5c(c4)OCO5)c(F)c3)CC2)c1. The molecule has 0 radical (unpaired) electrons. The quantitative estimate of drug-likeness (QED) is 0.352. The topological polar surface area (TPSA) is 112 Å². The molecule has 0 aromatic heterocycles. The van der Waals surface area contributed by atoms with E-state index in [-0.39, 0.29) is 35.4 Å². The molecule has 10 nitrogen and oxygen atoms in total. The molecule has 0 aliphatic carbocycles. The Balaban J connectivity index is 1.07. The summed E-state index contributed by atoms with van der Waals surface area (Å²) in [5, 5.41) is 8.20. The van der Waals surface area contributed by atoms with Crippen molar-refractivity contribution in [3.63, 3.8) is 0 Å². The molecule has 0 atom stereocenters. The summed E-state index contributed by atoms with van der Waals surface area (Å²) in [5.74, 6) is 0.317. The van der Waals surface area contributed by atoms with Gasteiger partial charge in [0.15, 0.2) is 11.5 Å². The van der Waals surface area contributed by atoms with Crippen LogP contribution in [0.5, 0.6) is 11.5 Å². The van der Waals surface area contributed by atoms with Crippen molar-refractivity contribution in [2.75, 3.05) is 44.8 Å². The third-order valence-corrected chi connectivity index (χ3v) is 7.34. The van der Waals surface area contributed by atoms with Crippen molar-refractivity contribution in [2.24, 2.45) is 0 Å². The average Bonchev–Trinajstić information content (AvgIpc) is 3.46. The first-order valence-corrected chi connectivity index (χ1v) is 14.7. The predicted octanol–water partition coefficient (Wildman–Crippen LogP) is 4.40. The number of amides is 4. The molecule has 0 bridgehead atoms. The van der Waals surface area contributed by atoms with E-state index in [9.17, 15) is 18.8 Å². The highest BCUT2D eigenvalue weighted by Gasteiger charge is 2.24. The summed E-state index contributed by atoms with van der Waals surface area (Å²) in [7, 11) is 0. The Morgan fingerprint density at radius 1 is 0.864 bits per heavy atom. The van der Waals surface area contributed by atoms with E-state index in [4.69, 9.17) is 9.47 Å². The number of ether oxygens (including phenoxy) is 2. The Labute approximate surface area is 256 Å². The van der Waals surface area contributed by atoms with Crippen LogP contribution in [-0.2, 0) is 13.0 Å². The van der Waals surface area contributed by atoms with E-state index in [1.165, 1.54) is 12.1 Å². The Morgan fingerprint density at radius 3 is 2.39 bits per heavy atom. The number of anilines is 1. The van der Waals surface area contributed by atoms with Gasteiger partial charge in [0.1, 0.15) is 5.82 Å². The molecule has 0 unspecified atom stereocenters.